The summed E-state index contributed by atoms with van der Waals surface area (Å²) in [6, 6.07) is 9.92. The molecule has 0 radical (unpaired) electrons. The Hall–Kier alpha value is -2.14. The van der Waals surface area contributed by atoms with Crippen LogP contribution in [0.15, 0.2) is 30.3 Å². The van der Waals surface area contributed by atoms with Crippen LogP contribution in [-0.2, 0) is 11.2 Å². The van der Waals surface area contributed by atoms with Crippen LogP contribution in [-0.4, -0.2) is 33.9 Å². The first-order valence-electron chi connectivity index (χ1n) is 8.94. The van der Waals surface area contributed by atoms with Crippen LogP contribution in [0.5, 0.6) is 0 Å². The first-order chi connectivity index (χ1) is 12.0. The van der Waals surface area contributed by atoms with Crippen molar-refractivity contribution >= 4 is 5.91 Å². The Morgan fingerprint density at radius 3 is 2.40 bits per heavy atom. The van der Waals surface area contributed by atoms with Gasteiger partial charge in [-0.3, -0.25) is 4.79 Å². The average Bonchev–Trinajstić information content (AvgIpc) is 2.92. The lowest BCUT2D eigenvalue weighted by Crippen LogP contribution is -2.40. The van der Waals surface area contributed by atoms with Crippen LogP contribution >= 0.6 is 0 Å². The minimum absolute atomic E-state index is 0.0291. The smallest absolute Gasteiger partial charge is 0.224 e. The van der Waals surface area contributed by atoms with E-state index in [0.717, 1.165) is 35.5 Å². The number of carbonyl (C=O) groups excluding carboxylic acids is 1. The second-order valence-corrected chi connectivity index (χ2v) is 6.72. The Kier molecular flexibility index (Phi) is 6.37. The van der Waals surface area contributed by atoms with E-state index in [2.05, 4.69) is 10.4 Å². The zero-order chi connectivity index (χ0) is 18.4. The average molecular weight is 343 g/mol. The van der Waals surface area contributed by atoms with Gasteiger partial charge >= 0.3 is 0 Å². The first kappa shape index (κ1) is 19.2. The molecule has 5 heteroatoms. The third-order valence-electron chi connectivity index (χ3n) is 5.28. The van der Waals surface area contributed by atoms with Gasteiger partial charge < -0.3 is 10.4 Å². The van der Waals surface area contributed by atoms with Gasteiger partial charge in [-0.05, 0) is 38.8 Å². The molecule has 0 atom stereocenters. The Morgan fingerprint density at radius 2 is 1.84 bits per heavy atom. The number of amides is 1. The first-order valence-corrected chi connectivity index (χ1v) is 8.94. The standard InChI is InChI=1S/C20H29N3O2/c1-5-20(6-2,14-24)13-21-19(25)12-18-15(3)22-23(16(18)4)17-10-8-7-9-11-17/h7-11,24H,5-6,12-14H2,1-4H3,(H,21,25). The highest BCUT2D eigenvalue weighted by molar-refractivity contribution is 5.79. The molecule has 1 amide bonds. The second kappa shape index (κ2) is 8.30. The number of nitrogens with zero attached hydrogens (tertiary/aromatic N) is 2. The van der Waals surface area contributed by atoms with Gasteiger partial charge in [0.05, 0.1) is 24.4 Å². The maximum atomic E-state index is 12.4. The maximum Gasteiger partial charge on any atom is 0.224 e. The highest BCUT2D eigenvalue weighted by atomic mass is 16.3. The Balaban J connectivity index is 2.10. The van der Waals surface area contributed by atoms with Gasteiger partial charge in [0.25, 0.3) is 0 Å². The number of rotatable bonds is 8. The van der Waals surface area contributed by atoms with E-state index in [1.165, 1.54) is 0 Å². The summed E-state index contributed by atoms with van der Waals surface area (Å²) in [7, 11) is 0. The molecular formula is C20H29N3O2. The third kappa shape index (κ3) is 4.28. The number of para-hydroxylation sites is 1. The molecule has 1 aromatic heterocycles. The molecule has 0 spiro atoms. The summed E-state index contributed by atoms with van der Waals surface area (Å²) in [6.07, 6.45) is 1.98. The Bertz CT molecular complexity index is 695. The zero-order valence-corrected chi connectivity index (χ0v) is 15.7. The molecular weight excluding hydrogens is 314 g/mol. The fraction of sp³-hybridized carbons (Fsp3) is 0.500. The summed E-state index contributed by atoms with van der Waals surface area (Å²) in [5.41, 5.74) is 3.58. The van der Waals surface area contributed by atoms with Crippen LogP contribution in [0.25, 0.3) is 5.69 Å². The highest BCUT2D eigenvalue weighted by Gasteiger charge is 2.26. The summed E-state index contributed by atoms with van der Waals surface area (Å²) in [5.74, 6) is -0.0291. The van der Waals surface area contributed by atoms with E-state index in [4.69, 9.17) is 0 Å². The van der Waals surface area contributed by atoms with Gasteiger partial charge in [-0.15, -0.1) is 0 Å². The number of hydrogen-bond acceptors (Lipinski definition) is 3. The van der Waals surface area contributed by atoms with Gasteiger partial charge in [-0.25, -0.2) is 4.68 Å². The molecule has 0 fully saturated rings. The normalized spacial score (nSPS) is 11.6. The molecule has 1 heterocycles. The lowest BCUT2D eigenvalue weighted by molar-refractivity contribution is -0.121. The van der Waals surface area contributed by atoms with Gasteiger partial charge in [-0.1, -0.05) is 32.0 Å². The van der Waals surface area contributed by atoms with Crippen LogP contribution in [0.1, 0.15) is 43.6 Å². The molecule has 136 valence electrons. The number of nitrogens with one attached hydrogen (secondary N) is 1. The highest BCUT2D eigenvalue weighted by Crippen LogP contribution is 2.24. The largest absolute Gasteiger partial charge is 0.396 e. The van der Waals surface area contributed by atoms with Gasteiger partial charge in [-0.2, -0.15) is 5.10 Å². The number of benzene rings is 1. The summed E-state index contributed by atoms with van der Waals surface area (Å²) in [5, 5.41) is 17.2. The minimum Gasteiger partial charge on any atom is -0.396 e. The topological polar surface area (TPSA) is 67.2 Å². The predicted octanol–water partition coefficient (Wildman–Crippen LogP) is 2.95. The molecule has 0 aliphatic heterocycles. The molecule has 0 saturated heterocycles. The number of aliphatic hydroxyl groups is 1. The van der Waals surface area contributed by atoms with Crippen LogP contribution in [0.3, 0.4) is 0 Å². The molecule has 0 unspecified atom stereocenters. The van der Waals surface area contributed by atoms with E-state index < -0.39 is 0 Å². The fourth-order valence-corrected chi connectivity index (χ4v) is 3.04. The van der Waals surface area contributed by atoms with Crippen molar-refractivity contribution < 1.29 is 9.90 Å². The van der Waals surface area contributed by atoms with E-state index in [0.29, 0.717) is 13.0 Å². The number of carbonyl (C=O) groups is 1. The molecule has 0 saturated carbocycles. The lowest BCUT2D eigenvalue weighted by atomic mass is 9.83. The lowest BCUT2D eigenvalue weighted by Gasteiger charge is -2.29. The van der Waals surface area contributed by atoms with E-state index >= 15 is 0 Å². The van der Waals surface area contributed by atoms with E-state index in [-0.39, 0.29) is 17.9 Å². The molecule has 25 heavy (non-hydrogen) atoms. The molecule has 2 rings (SSSR count). The summed E-state index contributed by atoms with van der Waals surface area (Å²) in [6.45, 7) is 8.61. The minimum atomic E-state index is -0.228. The summed E-state index contributed by atoms with van der Waals surface area (Å²) in [4.78, 5) is 12.4. The maximum absolute atomic E-state index is 12.4. The Morgan fingerprint density at radius 1 is 1.20 bits per heavy atom. The molecule has 0 aliphatic carbocycles. The van der Waals surface area contributed by atoms with Crippen molar-refractivity contribution in [3.05, 3.63) is 47.3 Å². The van der Waals surface area contributed by atoms with Crippen molar-refractivity contribution in [2.45, 2.75) is 47.0 Å². The van der Waals surface area contributed by atoms with Crippen molar-refractivity contribution in [1.82, 2.24) is 15.1 Å². The van der Waals surface area contributed by atoms with Crippen molar-refractivity contribution in [3.63, 3.8) is 0 Å². The van der Waals surface area contributed by atoms with Crippen LogP contribution in [0, 0.1) is 19.3 Å². The van der Waals surface area contributed by atoms with Crippen LogP contribution in [0.2, 0.25) is 0 Å². The zero-order valence-electron chi connectivity index (χ0n) is 15.7. The third-order valence-corrected chi connectivity index (χ3v) is 5.28. The van der Waals surface area contributed by atoms with Crippen molar-refractivity contribution in [1.29, 1.82) is 0 Å². The molecule has 0 aliphatic rings. The van der Waals surface area contributed by atoms with E-state index in [9.17, 15) is 9.90 Å². The molecule has 2 N–H and O–H groups in total. The van der Waals surface area contributed by atoms with E-state index in [1.54, 1.807) is 0 Å². The molecule has 5 nitrogen and oxygen atoms in total. The van der Waals surface area contributed by atoms with Crippen LogP contribution in [0.4, 0.5) is 0 Å². The number of aromatic nitrogens is 2. The van der Waals surface area contributed by atoms with Crippen molar-refractivity contribution in [2.75, 3.05) is 13.2 Å². The summed E-state index contributed by atoms with van der Waals surface area (Å²) < 4.78 is 1.88. The van der Waals surface area contributed by atoms with Gasteiger partial charge in [0, 0.05) is 23.2 Å². The van der Waals surface area contributed by atoms with Crippen LogP contribution < -0.4 is 5.32 Å². The number of aliphatic hydroxyl groups excluding tert-OH is 1. The predicted molar refractivity (Wildman–Crippen MR) is 99.9 cm³/mol. The van der Waals surface area contributed by atoms with Crippen molar-refractivity contribution in [2.24, 2.45) is 5.41 Å². The van der Waals surface area contributed by atoms with Gasteiger partial charge in [0.1, 0.15) is 0 Å². The fourth-order valence-electron chi connectivity index (χ4n) is 3.04. The molecule has 2 aromatic rings. The van der Waals surface area contributed by atoms with E-state index in [1.807, 2.05) is 62.7 Å². The number of hydrogen-bond donors (Lipinski definition) is 2. The van der Waals surface area contributed by atoms with Gasteiger partial charge in [0.15, 0.2) is 0 Å². The molecule has 0 bridgehead atoms. The van der Waals surface area contributed by atoms with Crippen molar-refractivity contribution in [3.8, 4) is 5.69 Å². The van der Waals surface area contributed by atoms with Gasteiger partial charge in [0.2, 0.25) is 5.91 Å². The SMILES string of the molecule is CCC(CC)(CO)CNC(=O)Cc1c(C)nn(-c2ccccc2)c1C. The quantitative estimate of drug-likeness (QED) is 0.774. The number of aryl methyl sites for hydroxylation is 1. The Labute approximate surface area is 150 Å². The molecule has 1 aromatic carbocycles. The summed E-state index contributed by atoms with van der Waals surface area (Å²) >= 11 is 0. The monoisotopic (exact) mass is 343 g/mol. The second-order valence-electron chi connectivity index (χ2n) is 6.72.